The molecule has 1 aromatic rings. The molecule has 1 saturated carbocycles. The van der Waals surface area contributed by atoms with E-state index in [0.29, 0.717) is 16.8 Å². The molecule has 0 aromatic carbocycles. The van der Waals surface area contributed by atoms with E-state index >= 15 is 0 Å². The predicted molar refractivity (Wildman–Crippen MR) is 73.4 cm³/mol. The molecule has 0 saturated heterocycles. The van der Waals surface area contributed by atoms with Crippen LogP contribution >= 0.6 is 0 Å². The summed E-state index contributed by atoms with van der Waals surface area (Å²) in [5.41, 5.74) is 7.41. The Labute approximate surface area is 109 Å². The van der Waals surface area contributed by atoms with Crippen molar-refractivity contribution in [2.45, 2.75) is 46.1 Å². The van der Waals surface area contributed by atoms with Gasteiger partial charge in [-0.05, 0) is 30.7 Å². The van der Waals surface area contributed by atoms with Gasteiger partial charge in [-0.15, -0.1) is 0 Å². The number of nitrogens with two attached hydrogens (primary N) is 1. The van der Waals surface area contributed by atoms with Crippen molar-refractivity contribution in [2.24, 2.45) is 5.41 Å². The van der Waals surface area contributed by atoms with Gasteiger partial charge in [-0.25, -0.2) is 0 Å². The summed E-state index contributed by atoms with van der Waals surface area (Å²) < 4.78 is 1.94. The standard InChI is InChI=1S/C14H23N3O/c1-3-7-17-9-11(15)8-12(17)13(18)16-10-14(2)5-4-6-14/h8-9H,3-7,10,15H2,1-2H3,(H,16,18). The van der Waals surface area contributed by atoms with Crippen molar-refractivity contribution in [3.05, 3.63) is 18.0 Å². The van der Waals surface area contributed by atoms with Crippen LogP contribution in [0.1, 0.15) is 50.0 Å². The number of carbonyl (C=O) groups is 1. The molecule has 0 atom stereocenters. The van der Waals surface area contributed by atoms with Crippen molar-refractivity contribution in [3.8, 4) is 0 Å². The van der Waals surface area contributed by atoms with Crippen LogP contribution in [-0.4, -0.2) is 17.0 Å². The number of nitrogen functional groups attached to an aromatic ring is 1. The Kier molecular flexibility index (Phi) is 3.64. The highest BCUT2D eigenvalue weighted by molar-refractivity contribution is 5.93. The number of hydrogen-bond acceptors (Lipinski definition) is 2. The maximum atomic E-state index is 12.2. The van der Waals surface area contributed by atoms with Crippen LogP contribution in [0.4, 0.5) is 5.69 Å². The van der Waals surface area contributed by atoms with Gasteiger partial charge >= 0.3 is 0 Å². The highest BCUT2D eigenvalue weighted by atomic mass is 16.1. The number of amides is 1. The lowest BCUT2D eigenvalue weighted by Gasteiger charge is -2.38. The fourth-order valence-corrected chi connectivity index (χ4v) is 2.49. The molecule has 0 spiro atoms. The lowest BCUT2D eigenvalue weighted by Crippen LogP contribution is -2.40. The van der Waals surface area contributed by atoms with Crippen LogP contribution in [0.2, 0.25) is 0 Å². The smallest absolute Gasteiger partial charge is 0.268 e. The summed E-state index contributed by atoms with van der Waals surface area (Å²) in [5.74, 6) is -0.00623. The number of anilines is 1. The first-order chi connectivity index (χ1) is 8.54. The van der Waals surface area contributed by atoms with Gasteiger partial charge in [0, 0.05) is 19.3 Å². The Morgan fingerprint density at radius 3 is 2.83 bits per heavy atom. The molecule has 3 N–H and O–H groups in total. The van der Waals surface area contributed by atoms with Gasteiger partial charge in [-0.2, -0.15) is 0 Å². The van der Waals surface area contributed by atoms with E-state index < -0.39 is 0 Å². The molecule has 4 heteroatoms. The number of carbonyl (C=O) groups excluding carboxylic acids is 1. The Hall–Kier alpha value is -1.45. The van der Waals surface area contributed by atoms with Gasteiger partial charge < -0.3 is 15.6 Å². The van der Waals surface area contributed by atoms with E-state index in [4.69, 9.17) is 5.73 Å². The fraction of sp³-hybridized carbons (Fsp3) is 0.643. The summed E-state index contributed by atoms with van der Waals surface area (Å²) in [4.78, 5) is 12.2. The van der Waals surface area contributed by atoms with Crippen LogP contribution in [0, 0.1) is 5.41 Å². The second kappa shape index (κ2) is 5.04. The van der Waals surface area contributed by atoms with Crippen LogP contribution in [0.3, 0.4) is 0 Å². The normalized spacial score (nSPS) is 17.2. The number of nitrogens with one attached hydrogen (secondary N) is 1. The number of hydrogen-bond donors (Lipinski definition) is 2. The zero-order valence-electron chi connectivity index (χ0n) is 11.3. The zero-order valence-corrected chi connectivity index (χ0v) is 11.3. The third-order valence-corrected chi connectivity index (χ3v) is 3.85. The Morgan fingerprint density at radius 2 is 2.28 bits per heavy atom. The van der Waals surface area contributed by atoms with E-state index in [1.54, 1.807) is 6.07 Å². The molecular weight excluding hydrogens is 226 g/mol. The molecule has 4 nitrogen and oxygen atoms in total. The Balaban J connectivity index is 1.99. The first-order valence-corrected chi connectivity index (χ1v) is 6.78. The van der Waals surface area contributed by atoms with Gasteiger partial charge in [0.1, 0.15) is 5.69 Å². The van der Waals surface area contributed by atoms with Crippen LogP contribution in [-0.2, 0) is 6.54 Å². The third-order valence-electron chi connectivity index (χ3n) is 3.85. The molecule has 1 aromatic heterocycles. The van der Waals surface area contributed by atoms with E-state index in [-0.39, 0.29) is 5.91 Å². The Bertz CT molecular complexity index is 432. The van der Waals surface area contributed by atoms with Crippen molar-refractivity contribution in [3.63, 3.8) is 0 Å². The van der Waals surface area contributed by atoms with Crippen molar-refractivity contribution >= 4 is 11.6 Å². The van der Waals surface area contributed by atoms with Gasteiger partial charge in [-0.1, -0.05) is 20.3 Å². The molecule has 2 rings (SSSR count). The van der Waals surface area contributed by atoms with Crippen LogP contribution < -0.4 is 11.1 Å². The van der Waals surface area contributed by atoms with E-state index in [0.717, 1.165) is 19.5 Å². The number of rotatable bonds is 5. The SMILES string of the molecule is CCCn1cc(N)cc1C(=O)NCC1(C)CCC1. The summed E-state index contributed by atoms with van der Waals surface area (Å²) in [7, 11) is 0. The van der Waals surface area contributed by atoms with Crippen molar-refractivity contribution < 1.29 is 4.79 Å². The molecular formula is C14H23N3O. The molecule has 0 unspecified atom stereocenters. The fourth-order valence-electron chi connectivity index (χ4n) is 2.49. The van der Waals surface area contributed by atoms with E-state index in [1.807, 2.05) is 10.8 Å². The molecule has 0 aliphatic heterocycles. The highest BCUT2D eigenvalue weighted by Gasteiger charge is 2.32. The summed E-state index contributed by atoms with van der Waals surface area (Å²) in [5, 5.41) is 3.04. The molecule has 18 heavy (non-hydrogen) atoms. The molecule has 0 radical (unpaired) electrons. The quantitative estimate of drug-likeness (QED) is 0.841. The van der Waals surface area contributed by atoms with Gasteiger partial charge in [0.2, 0.25) is 0 Å². The molecule has 1 fully saturated rings. The van der Waals surface area contributed by atoms with Gasteiger partial charge in [0.15, 0.2) is 0 Å². The number of aromatic nitrogens is 1. The van der Waals surface area contributed by atoms with Crippen molar-refractivity contribution in [2.75, 3.05) is 12.3 Å². The average Bonchev–Trinajstić information content (AvgIpc) is 2.65. The summed E-state index contributed by atoms with van der Waals surface area (Å²) in [6.45, 7) is 5.92. The molecule has 1 heterocycles. The summed E-state index contributed by atoms with van der Waals surface area (Å²) in [6.07, 6.45) is 6.54. The summed E-state index contributed by atoms with van der Waals surface area (Å²) in [6, 6.07) is 1.76. The van der Waals surface area contributed by atoms with E-state index in [9.17, 15) is 4.79 Å². The second-order valence-corrected chi connectivity index (χ2v) is 5.70. The highest BCUT2D eigenvalue weighted by Crippen LogP contribution is 2.39. The van der Waals surface area contributed by atoms with Crippen molar-refractivity contribution in [1.29, 1.82) is 0 Å². The molecule has 1 amide bonds. The minimum atomic E-state index is -0.00623. The largest absolute Gasteiger partial charge is 0.397 e. The zero-order chi connectivity index (χ0) is 13.2. The summed E-state index contributed by atoms with van der Waals surface area (Å²) >= 11 is 0. The maximum absolute atomic E-state index is 12.2. The minimum absolute atomic E-state index is 0.00623. The lowest BCUT2D eigenvalue weighted by molar-refractivity contribution is 0.0881. The molecule has 1 aliphatic rings. The lowest BCUT2D eigenvalue weighted by atomic mass is 9.70. The first kappa shape index (κ1) is 13.0. The predicted octanol–water partition coefficient (Wildman–Crippen LogP) is 2.40. The maximum Gasteiger partial charge on any atom is 0.268 e. The van der Waals surface area contributed by atoms with Crippen LogP contribution in [0.25, 0.3) is 0 Å². The topological polar surface area (TPSA) is 60.0 Å². The second-order valence-electron chi connectivity index (χ2n) is 5.70. The van der Waals surface area contributed by atoms with Crippen molar-refractivity contribution in [1.82, 2.24) is 9.88 Å². The average molecular weight is 249 g/mol. The molecule has 1 aliphatic carbocycles. The van der Waals surface area contributed by atoms with Gasteiger partial charge in [-0.3, -0.25) is 4.79 Å². The van der Waals surface area contributed by atoms with E-state index in [2.05, 4.69) is 19.2 Å². The van der Waals surface area contributed by atoms with E-state index in [1.165, 1.54) is 19.3 Å². The van der Waals surface area contributed by atoms with Gasteiger partial charge in [0.05, 0.1) is 5.69 Å². The molecule has 0 bridgehead atoms. The van der Waals surface area contributed by atoms with Crippen LogP contribution in [0.5, 0.6) is 0 Å². The number of nitrogens with zero attached hydrogens (tertiary/aromatic N) is 1. The first-order valence-electron chi connectivity index (χ1n) is 6.78. The minimum Gasteiger partial charge on any atom is -0.397 e. The third kappa shape index (κ3) is 2.68. The monoisotopic (exact) mass is 249 g/mol. The number of aryl methyl sites for hydroxylation is 1. The Morgan fingerprint density at radius 1 is 1.56 bits per heavy atom. The van der Waals surface area contributed by atoms with Gasteiger partial charge in [0.25, 0.3) is 5.91 Å². The van der Waals surface area contributed by atoms with Crippen LogP contribution in [0.15, 0.2) is 12.3 Å². The molecule has 100 valence electrons.